The smallest absolute Gasteiger partial charge is 0.273 e. The van der Waals surface area contributed by atoms with E-state index in [0.29, 0.717) is 5.56 Å². The second-order valence-electron chi connectivity index (χ2n) is 5.62. The summed E-state index contributed by atoms with van der Waals surface area (Å²) in [7, 11) is 0. The Labute approximate surface area is 143 Å². The number of amides is 1. The average molecular weight is 336 g/mol. The molecule has 0 bridgehead atoms. The third kappa shape index (κ3) is 3.12. The van der Waals surface area contributed by atoms with E-state index in [1.54, 1.807) is 13.1 Å². The first-order valence-corrected chi connectivity index (χ1v) is 7.63. The van der Waals surface area contributed by atoms with Crippen molar-refractivity contribution in [1.29, 1.82) is 0 Å². The van der Waals surface area contributed by atoms with E-state index in [1.165, 1.54) is 18.2 Å². The van der Waals surface area contributed by atoms with Crippen molar-refractivity contribution in [3.63, 3.8) is 0 Å². The van der Waals surface area contributed by atoms with E-state index in [0.717, 1.165) is 22.2 Å². The lowest BCUT2D eigenvalue weighted by Crippen LogP contribution is -2.19. The number of rotatable bonds is 4. The number of aromatic amines is 1. The Morgan fingerprint density at radius 1 is 1.20 bits per heavy atom. The van der Waals surface area contributed by atoms with Crippen LogP contribution in [0.3, 0.4) is 0 Å². The van der Waals surface area contributed by atoms with Crippen LogP contribution in [0.1, 0.15) is 27.2 Å². The Hall–Kier alpha value is -3.48. The second kappa shape index (κ2) is 6.56. The molecule has 7 nitrogen and oxygen atoms in total. The molecule has 3 rings (SSSR count). The Kier molecular flexibility index (Phi) is 4.30. The van der Waals surface area contributed by atoms with E-state index in [-0.39, 0.29) is 11.3 Å². The van der Waals surface area contributed by atoms with E-state index in [9.17, 15) is 14.9 Å². The Morgan fingerprint density at radius 2 is 1.96 bits per heavy atom. The summed E-state index contributed by atoms with van der Waals surface area (Å²) in [5.41, 5.74) is 5.67. The first-order chi connectivity index (χ1) is 12.0. The summed E-state index contributed by atoms with van der Waals surface area (Å²) in [6.45, 7) is 3.47. The van der Waals surface area contributed by atoms with Crippen LogP contribution in [-0.4, -0.2) is 22.0 Å². The third-order valence-electron chi connectivity index (χ3n) is 4.05. The number of benzene rings is 2. The van der Waals surface area contributed by atoms with Gasteiger partial charge in [0.05, 0.1) is 16.7 Å². The van der Waals surface area contributed by atoms with Crippen molar-refractivity contribution in [3.05, 3.63) is 75.0 Å². The maximum Gasteiger partial charge on any atom is 0.273 e. The van der Waals surface area contributed by atoms with Crippen LogP contribution < -0.4 is 5.43 Å². The highest BCUT2D eigenvalue weighted by Gasteiger charge is 2.17. The van der Waals surface area contributed by atoms with Crippen LogP contribution in [0.4, 0.5) is 5.69 Å². The lowest BCUT2D eigenvalue weighted by atomic mass is 10.1. The van der Waals surface area contributed by atoms with Crippen molar-refractivity contribution >= 4 is 28.7 Å². The molecule has 0 atom stereocenters. The van der Waals surface area contributed by atoms with E-state index < -0.39 is 10.8 Å². The number of hydrogen-bond donors (Lipinski definition) is 2. The fourth-order valence-corrected chi connectivity index (χ4v) is 2.75. The standard InChI is InChI=1S/C18H16N4O3/c1-11-13(7-5-9-17(11)22(24)25)18(23)21-19-10-15-12(2)20-16-8-4-3-6-14(15)16/h3-10,20H,1-2H3,(H,21,23)/b19-10-. The SMILES string of the molecule is Cc1[nH]c2ccccc2c1/C=N\NC(=O)c1cccc([N+](=O)[O-])c1C. The van der Waals surface area contributed by atoms with Crippen LogP contribution in [0.5, 0.6) is 0 Å². The summed E-state index contributed by atoms with van der Waals surface area (Å²) in [4.78, 5) is 26.0. The van der Waals surface area contributed by atoms with Gasteiger partial charge in [0.1, 0.15) is 0 Å². The average Bonchev–Trinajstić information content (AvgIpc) is 2.90. The number of H-pyrrole nitrogens is 1. The number of hydrogen-bond acceptors (Lipinski definition) is 4. The van der Waals surface area contributed by atoms with Crippen LogP contribution in [0.15, 0.2) is 47.6 Å². The molecule has 7 heteroatoms. The van der Waals surface area contributed by atoms with Gasteiger partial charge in [-0.3, -0.25) is 14.9 Å². The number of aryl methyl sites for hydroxylation is 1. The summed E-state index contributed by atoms with van der Waals surface area (Å²) >= 11 is 0. The molecule has 3 aromatic rings. The molecule has 0 saturated carbocycles. The van der Waals surface area contributed by atoms with Crippen molar-refractivity contribution in [2.75, 3.05) is 0 Å². The minimum atomic E-state index is -0.509. The van der Waals surface area contributed by atoms with Crippen molar-refractivity contribution in [1.82, 2.24) is 10.4 Å². The van der Waals surface area contributed by atoms with Gasteiger partial charge in [0, 0.05) is 33.8 Å². The number of nitro benzene ring substituents is 1. The van der Waals surface area contributed by atoms with Gasteiger partial charge in [0.25, 0.3) is 11.6 Å². The molecular formula is C18H16N4O3. The number of nitrogens with one attached hydrogen (secondary N) is 2. The zero-order chi connectivity index (χ0) is 18.0. The summed E-state index contributed by atoms with van der Waals surface area (Å²) in [5.74, 6) is -0.491. The van der Waals surface area contributed by atoms with E-state index in [4.69, 9.17) is 0 Å². The number of carbonyl (C=O) groups excluding carboxylic acids is 1. The van der Waals surface area contributed by atoms with Crippen molar-refractivity contribution in [2.24, 2.45) is 5.10 Å². The van der Waals surface area contributed by atoms with Crippen LogP contribution in [0.25, 0.3) is 10.9 Å². The first-order valence-electron chi connectivity index (χ1n) is 7.63. The van der Waals surface area contributed by atoms with E-state index in [1.807, 2.05) is 31.2 Å². The van der Waals surface area contributed by atoms with Gasteiger partial charge in [-0.05, 0) is 26.0 Å². The Morgan fingerprint density at radius 3 is 2.72 bits per heavy atom. The van der Waals surface area contributed by atoms with Crippen molar-refractivity contribution in [3.8, 4) is 0 Å². The number of carbonyl (C=O) groups is 1. The lowest BCUT2D eigenvalue weighted by molar-refractivity contribution is -0.385. The zero-order valence-electron chi connectivity index (χ0n) is 13.7. The van der Waals surface area contributed by atoms with E-state index in [2.05, 4.69) is 15.5 Å². The lowest BCUT2D eigenvalue weighted by Gasteiger charge is -2.04. The molecule has 1 amide bonds. The Balaban J connectivity index is 1.83. The molecule has 2 N–H and O–H groups in total. The molecule has 25 heavy (non-hydrogen) atoms. The van der Waals surface area contributed by atoms with Gasteiger partial charge in [-0.2, -0.15) is 5.10 Å². The number of aromatic nitrogens is 1. The largest absolute Gasteiger partial charge is 0.358 e. The van der Waals surface area contributed by atoms with Gasteiger partial charge in [0.15, 0.2) is 0 Å². The maximum absolute atomic E-state index is 12.3. The Bertz CT molecular complexity index is 1000. The topological polar surface area (TPSA) is 100 Å². The van der Waals surface area contributed by atoms with Crippen LogP contribution in [-0.2, 0) is 0 Å². The molecule has 0 aliphatic rings. The zero-order valence-corrected chi connectivity index (χ0v) is 13.7. The fourth-order valence-electron chi connectivity index (χ4n) is 2.75. The quantitative estimate of drug-likeness (QED) is 0.433. The minimum absolute atomic E-state index is 0.0934. The van der Waals surface area contributed by atoms with Gasteiger partial charge in [-0.1, -0.05) is 24.3 Å². The van der Waals surface area contributed by atoms with Gasteiger partial charge < -0.3 is 4.98 Å². The molecule has 126 valence electrons. The predicted octanol–water partition coefficient (Wildman–Crippen LogP) is 3.46. The summed E-state index contributed by atoms with van der Waals surface area (Å²) in [5, 5.41) is 16.0. The summed E-state index contributed by atoms with van der Waals surface area (Å²) in [6.07, 6.45) is 1.57. The van der Waals surface area contributed by atoms with Gasteiger partial charge >= 0.3 is 0 Å². The third-order valence-corrected chi connectivity index (χ3v) is 4.05. The van der Waals surface area contributed by atoms with Crippen LogP contribution >= 0.6 is 0 Å². The molecule has 0 saturated heterocycles. The van der Waals surface area contributed by atoms with Gasteiger partial charge in [0.2, 0.25) is 0 Å². The highest BCUT2D eigenvalue weighted by molar-refractivity contribution is 6.02. The molecule has 1 heterocycles. The highest BCUT2D eigenvalue weighted by Crippen LogP contribution is 2.21. The monoisotopic (exact) mass is 336 g/mol. The molecule has 0 aliphatic carbocycles. The molecular weight excluding hydrogens is 320 g/mol. The molecule has 0 radical (unpaired) electrons. The number of nitrogens with zero attached hydrogens (tertiary/aromatic N) is 2. The fraction of sp³-hybridized carbons (Fsp3) is 0.111. The number of para-hydroxylation sites is 1. The second-order valence-corrected chi connectivity index (χ2v) is 5.62. The number of hydrazone groups is 1. The first kappa shape index (κ1) is 16.4. The van der Waals surface area contributed by atoms with Gasteiger partial charge in [-0.25, -0.2) is 5.43 Å². The highest BCUT2D eigenvalue weighted by atomic mass is 16.6. The number of fused-ring (bicyclic) bond motifs is 1. The van der Waals surface area contributed by atoms with E-state index >= 15 is 0 Å². The van der Waals surface area contributed by atoms with Crippen LogP contribution in [0.2, 0.25) is 0 Å². The molecule has 0 unspecified atom stereocenters. The maximum atomic E-state index is 12.3. The van der Waals surface area contributed by atoms with Crippen molar-refractivity contribution in [2.45, 2.75) is 13.8 Å². The molecule has 1 aromatic heterocycles. The minimum Gasteiger partial charge on any atom is -0.358 e. The van der Waals surface area contributed by atoms with Crippen molar-refractivity contribution < 1.29 is 9.72 Å². The molecule has 2 aromatic carbocycles. The summed E-state index contributed by atoms with van der Waals surface area (Å²) < 4.78 is 0. The normalized spacial score (nSPS) is 11.1. The predicted molar refractivity (Wildman–Crippen MR) is 95.9 cm³/mol. The molecule has 0 fully saturated rings. The number of nitro groups is 1. The van der Waals surface area contributed by atoms with Crippen LogP contribution in [0, 0.1) is 24.0 Å². The molecule has 0 spiro atoms. The molecule has 0 aliphatic heterocycles. The summed E-state index contributed by atoms with van der Waals surface area (Å²) in [6, 6.07) is 12.2. The van der Waals surface area contributed by atoms with Gasteiger partial charge in [-0.15, -0.1) is 0 Å².